The lowest BCUT2D eigenvalue weighted by Crippen LogP contribution is -2.26. The lowest BCUT2D eigenvalue weighted by molar-refractivity contribution is 0.229. The molecule has 3 heteroatoms. The van der Waals surface area contributed by atoms with E-state index >= 15 is 0 Å². The fraction of sp³-hybridized carbons (Fsp3) is 0.124. The first-order valence-electron chi connectivity index (χ1n) is 32.6. The molecule has 92 heavy (non-hydrogen) atoms. The van der Waals surface area contributed by atoms with Gasteiger partial charge in [-0.05, 0) is 204 Å². The minimum Gasteiger partial charge on any atom is -0.310 e. The van der Waals surface area contributed by atoms with Gasteiger partial charge in [0.2, 0.25) is 0 Å². The van der Waals surface area contributed by atoms with Gasteiger partial charge in [-0.3, -0.25) is 0 Å². The second kappa shape index (κ2) is 21.2. The molecule has 0 radical (unpaired) electrons. The molecule has 2 aliphatic rings. The number of rotatable bonds is 10. The summed E-state index contributed by atoms with van der Waals surface area (Å²) in [5, 5.41) is 4.83. The monoisotopic (exact) mass is 1180 g/mol. The fourth-order valence-electron chi connectivity index (χ4n) is 16.0. The Bertz CT molecular complexity index is 5350. The van der Waals surface area contributed by atoms with Crippen LogP contribution in [0.5, 0.6) is 0 Å². The van der Waals surface area contributed by atoms with Crippen LogP contribution >= 0.6 is 0 Å². The second-order valence-electron chi connectivity index (χ2n) is 27.9. The van der Waals surface area contributed by atoms with Crippen molar-refractivity contribution in [2.45, 2.75) is 59.3 Å². The molecule has 2 aliphatic carbocycles. The topological polar surface area (TPSA) is 13.1 Å². The molecule has 0 aliphatic heterocycles. The molecule has 442 valence electrons. The van der Waals surface area contributed by atoms with E-state index in [1.807, 2.05) is 0 Å². The number of hydrogen-bond acceptors (Lipinski definition) is 1. The van der Waals surface area contributed by atoms with Crippen molar-refractivity contribution in [3.05, 3.63) is 331 Å². The van der Waals surface area contributed by atoms with Crippen molar-refractivity contribution in [1.29, 1.82) is 0 Å². The highest BCUT2D eigenvalue weighted by molar-refractivity contribution is 6.13. The van der Waals surface area contributed by atoms with Gasteiger partial charge in [-0.2, -0.15) is 0 Å². The van der Waals surface area contributed by atoms with Crippen molar-refractivity contribution < 1.29 is 0 Å². The van der Waals surface area contributed by atoms with Crippen LogP contribution in [-0.4, -0.2) is 9.13 Å². The molecule has 0 saturated carbocycles. The molecule has 15 aromatic rings. The van der Waals surface area contributed by atoms with Crippen molar-refractivity contribution in [3.63, 3.8) is 0 Å². The molecule has 2 atom stereocenters. The molecule has 0 bridgehead atoms. The number of benzene rings is 13. The van der Waals surface area contributed by atoms with E-state index in [4.69, 9.17) is 0 Å². The van der Waals surface area contributed by atoms with Gasteiger partial charge in [0.25, 0.3) is 0 Å². The molecule has 2 heterocycles. The Hall–Kier alpha value is -10.7. The summed E-state index contributed by atoms with van der Waals surface area (Å²) in [6, 6.07) is 114. The zero-order valence-electron chi connectivity index (χ0n) is 53.0. The summed E-state index contributed by atoms with van der Waals surface area (Å²) in [7, 11) is 0. The highest BCUT2D eigenvalue weighted by atomic mass is 15.1. The van der Waals surface area contributed by atoms with E-state index in [0.717, 1.165) is 51.4 Å². The minimum absolute atomic E-state index is 0.142. The molecule has 2 unspecified atom stereocenters. The van der Waals surface area contributed by atoms with Gasteiger partial charge in [0, 0.05) is 50.0 Å². The lowest BCUT2D eigenvalue weighted by Gasteiger charge is -2.36. The number of nitrogens with zero attached hydrogens (tertiary/aromatic N) is 3. The summed E-state index contributed by atoms with van der Waals surface area (Å²) in [6.45, 7) is 14.3. The minimum atomic E-state index is -0.530. The first-order chi connectivity index (χ1) is 44.9. The van der Waals surface area contributed by atoms with Crippen LogP contribution in [-0.2, 0) is 5.41 Å². The number of fused-ring (bicyclic) bond motifs is 16. The molecule has 3 nitrogen and oxygen atoms in total. The van der Waals surface area contributed by atoms with Crippen LogP contribution in [0.1, 0.15) is 81.7 Å². The normalized spacial score (nSPS) is 14.5. The highest BCUT2D eigenvalue weighted by Crippen LogP contribution is 2.64. The van der Waals surface area contributed by atoms with Crippen molar-refractivity contribution >= 4 is 60.7 Å². The average molecular weight is 1180 g/mol. The van der Waals surface area contributed by atoms with Crippen molar-refractivity contribution in [1.82, 2.24) is 9.13 Å². The van der Waals surface area contributed by atoms with E-state index in [2.05, 4.69) is 359 Å². The van der Waals surface area contributed by atoms with Crippen LogP contribution in [0, 0.1) is 10.8 Å². The quantitative estimate of drug-likeness (QED) is 0.133. The number of aromatic nitrogens is 2. The third-order valence-electron chi connectivity index (χ3n) is 20.1. The third-order valence-corrected chi connectivity index (χ3v) is 20.1. The highest BCUT2D eigenvalue weighted by Gasteiger charge is 2.52. The molecular weight excluding hydrogens is 1110 g/mol. The third kappa shape index (κ3) is 8.85. The number of hydrogen-bond donors (Lipinski definition) is 0. The van der Waals surface area contributed by atoms with Crippen LogP contribution in [0.3, 0.4) is 0 Å². The van der Waals surface area contributed by atoms with Crippen molar-refractivity contribution in [3.8, 4) is 67.0 Å². The van der Waals surface area contributed by atoms with E-state index in [9.17, 15) is 0 Å². The van der Waals surface area contributed by atoms with Gasteiger partial charge >= 0.3 is 0 Å². The summed E-state index contributed by atoms with van der Waals surface area (Å²) in [5.41, 5.74) is 29.2. The van der Waals surface area contributed by atoms with Crippen LogP contribution in [0.25, 0.3) is 111 Å². The summed E-state index contributed by atoms with van der Waals surface area (Å²) >= 11 is 0. The average Bonchev–Trinajstić information content (AvgIpc) is 1.51. The zero-order valence-corrected chi connectivity index (χ0v) is 53.0. The molecule has 2 aromatic heterocycles. The summed E-state index contributed by atoms with van der Waals surface area (Å²) in [4.78, 5) is 2.45. The molecule has 0 saturated heterocycles. The molecule has 0 amide bonds. The van der Waals surface area contributed by atoms with E-state index in [1.54, 1.807) is 0 Å². The van der Waals surface area contributed by atoms with Gasteiger partial charge in [0.15, 0.2) is 0 Å². The number of anilines is 3. The van der Waals surface area contributed by atoms with Crippen LogP contribution in [0.2, 0.25) is 0 Å². The standard InChI is InChI=1S/C89H71N3/c1-87(2,3)57-82(88(4,5)6)61-36-34-60(35-37-61)63-40-47-72-70-28-16-19-31-78(70)89(80(72)53-63)79-32-20-17-29-71(79)73-48-41-64(54-81(73)89)62-42-50-84-76(52-62)77-55-68(46-51-85(77)91(84)65-24-12-8-13-25-65)90(67-43-38-59(39-44-67)58-22-10-7-11-23-58)69-45-49-75-74-30-18-21-33-83(74)92(86(75)56-69)66-26-14-9-15-27-66/h7-56,82H,57H2,1-6H3. The second-order valence-corrected chi connectivity index (χ2v) is 27.9. The lowest BCUT2D eigenvalue weighted by atomic mass is 9.69. The smallest absolute Gasteiger partial charge is 0.0725 e. The van der Waals surface area contributed by atoms with Crippen molar-refractivity contribution in [2.24, 2.45) is 10.8 Å². The predicted octanol–water partition coefficient (Wildman–Crippen LogP) is 24.3. The van der Waals surface area contributed by atoms with E-state index in [1.165, 1.54) is 111 Å². The summed E-state index contributed by atoms with van der Waals surface area (Å²) < 4.78 is 4.86. The Balaban J connectivity index is 0.837. The Morgan fingerprint density at radius 2 is 0.717 bits per heavy atom. The van der Waals surface area contributed by atoms with Gasteiger partial charge < -0.3 is 14.0 Å². The van der Waals surface area contributed by atoms with Gasteiger partial charge in [-0.1, -0.05) is 248 Å². The molecule has 0 fully saturated rings. The Morgan fingerprint density at radius 1 is 0.304 bits per heavy atom. The molecule has 1 spiro atoms. The fourth-order valence-corrected chi connectivity index (χ4v) is 16.0. The predicted molar refractivity (Wildman–Crippen MR) is 389 cm³/mol. The van der Waals surface area contributed by atoms with Crippen LogP contribution in [0.15, 0.2) is 303 Å². The summed E-state index contributed by atoms with van der Waals surface area (Å²) in [6.07, 6.45) is 1.13. The molecular formula is C89H71N3. The first-order valence-corrected chi connectivity index (χ1v) is 32.6. The first kappa shape index (κ1) is 55.3. The Kier molecular flexibility index (Phi) is 12.7. The Labute approximate surface area is 539 Å². The van der Waals surface area contributed by atoms with E-state index in [0.29, 0.717) is 5.92 Å². The van der Waals surface area contributed by atoms with Crippen molar-refractivity contribution in [2.75, 3.05) is 4.90 Å². The molecule has 0 N–H and O–H groups in total. The van der Waals surface area contributed by atoms with Gasteiger partial charge in [0.1, 0.15) is 0 Å². The molecule has 17 rings (SSSR count). The van der Waals surface area contributed by atoms with Gasteiger partial charge in [-0.15, -0.1) is 0 Å². The van der Waals surface area contributed by atoms with E-state index in [-0.39, 0.29) is 10.8 Å². The maximum atomic E-state index is 2.54. The van der Waals surface area contributed by atoms with E-state index < -0.39 is 5.41 Å². The maximum Gasteiger partial charge on any atom is 0.0725 e. The van der Waals surface area contributed by atoms with Crippen LogP contribution < -0.4 is 4.90 Å². The maximum absolute atomic E-state index is 2.54. The van der Waals surface area contributed by atoms with Crippen LogP contribution in [0.4, 0.5) is 17.1 Å². The summed E-state index contributed by atoms with van der Waals surface area (Å²) in [5.74, 6) is 0.448. The largest absolute Gasteiger partial charge is 0.310 e. The Morgan fingerprint density at radius 3 is 1.34 bits per heavy atom. The number of para-hydroxylation sites is 3. The molecule has 13 aromatic carbocycles. The van der Waals surface area contributed by atoms with Gasteiger partial charge in [-0.25, -0.2) is 0 Å². The zero-order chi connectivity index (χ0) is 62.0. The SMILES string of the molecule is CC(C)(C)CC(c1ccc(-c2ccc3c(c2)C2(c4ccccc4-3)c3ccccc3-c3ccc(-c4ccc5c(c4)c4cc(N(c6ccc(-c7ccccc7)cc6)c6ccc7c8ccccc8n(-c8ccccc8)c7c6)ccc4n5-c4ccccc4)cc32)cc1)C(C)(C)C. The van der Waals surface area contributed by atoms with Gasteiger partial charge in [0.05, 0.1) is 27.5 Å².